The first-order valence-electron chi connectivity index (χ1n) is 9.99. The van der Waals surface area contributed by atoms with Crippen molar-refractivity contribution in [3.05, 3.63) is 35.7 Å². The van der Waals surface area contributed by atoms with Crippen LogP contribution in [0, 0.1) is 6.92 Å². The molecule has 0 saturated carbocycles. The van der Waals surface area contributed by atoms with E-state index < -0.39 is 16.1 Å². The van der Waals surface area contributed by atoms with Crippen LogP contribution in [0.3, 0.4) is 0 Å². The van der Waals surface area contributed by atoms with Gasteiger partial charge in [0.15, 0.2) is 5.82 Å². The van der Waals surface area contributed by atoms with Gasteiger partial charge >= 0.3 is 6.09 Å². The van der Waals surface area contributed by atoms with Crippen LogP contribution in [0.1, 0.15) is 38.1 Å². The third-order valence-corrected chi connectivity index (χ3v) is 5.12. The van der Waals surface area contributed by atoms with E-state index >= 15 is 0 Å². The minimum atomic E-state index is -3.44. The normalized spacial score (nSPS) is 11.5. The molecule has 2 aromatic heterocycles. The minimum absolute atomic E-state index is 0.229. The number of amides is 1. The van der Waals surface area contributed by atoms with Gasteiger partial charge in [0, 0.05) is 12.0 Å². The van der Waals surface area contributed by atoms with E-state index in [0.717, 1.165) is 24.7 Å². The summed E-state index contributed by atoms with van der Waals surface area (Å²) in [6.45, 7) is 5.84. The summed E-state index contributed by atoms with van der Waals surface area (Å²) in [7, 11) is -3.44. The predicted molar refractivity (Wildman–Crippen MR) is 119 cm³/mol. The molecule has 0 radical (unpaired) electrons. The Bertz CT molecular complexity index is 1210. The summed E-state index contributed by atoms with van der Waals surface area (Å²) >= 11 is 0. The number of aromatic nitrogens is 4. The summed E-state index contributed by atoms with van der Waals surface area (Å²) < 4.78 is 32.6. The minimum Gasteiger partial charge on any atom is -0.450 e. The van der Waals surface area contributed by atoms with Crippen LogP contribution in [0.4, 0.5) is 16.2 Å². The summed E-state index contributed by atoms with van der Waals surface area (Å²) in [6.07, 6.45) is 3.08. The number of aryl methyl sites for hydroxylation is 2. The second kappa shape index (κ2) is 9.29. The van der Waals surface area contributed by atoms with Crippen molar-refractivity contribution >= 4 is 33.1 Å². The number of rotatable bonds is 8. The van der Waals surface area contributed by atoms with Gasteiger partial charge in [0.05, 0.1) is 29.9 Å². The third-order valence-electron chi connectivity index (χ3n) is 4.53. The molecule has 2 N–H and O–H groups in total. The number of anilines is 2. The summed E-state index contributed by atoms with van der Waals surface area (Å²) in [5.74, 6) is 0.673. The molecule has 3 rings (SSSR count). The SMILES string of the molecule is CCCCc1nnc2c(NC(=O)OCC)cc(-c3ccc(C)c(NS(C)(=O)=O)c3)nn12. The molecular formula is C20H26N6O4S. The largest absolute Gasteiger partial charge is 0.450 e. The number of nitrogens with zero attached hydrogens (tertiary/aromatic N) is 4. The lowest BCUT2D eigenvalue weighted by atomic mass is 10.1. The van der Waals surface area contributed by atoms with Crippen molar-refractivity contribution in [2.45, 2.75) is 40.0 Å². The van der Waals surface area contributed by atoms with Crippen molar-refractivity contribution in [3.8, 4) is 11.3 Å². The van der Waals surface area contributed by atoms with Gasteiger partial charge in [-0.05, 0) is 38.0 Å². The second-order valence-electron chi connectivity index (χ2n) is 7.15. The number of sulfonamides is 1. The average Bonchev–Trinajstić information content (AvgIpc) is 3.10. The van der Waals surface area contributed by atoms with E-state index in [-0.39, 0.29) is 6.61 Å². The Morgan fingerprint density at radius 1 is 1.16 bits per heavy atom. The summed E-state index contributed by atoms with van der Waals surface area (Å²) in [4.78, 5) is 12.1. The standard InChI is InChI=1S/C20H26N6O4S/c1-5-7-8-18-22-23-19-17(21-20(27)30-6-2)12-16(24-26(18)19)14-10-9-13(3)15(11-14)25-31(4,28)29/h9-12,25H,5-8H2,1-4H3,(H,21,27). The zero-order chi connectivity index (χ0) is 22.6. The van der Waals surface area contributed by atoms with Gasteiger partial charge in [-0.1, -0.05) is 25.5 Å². The molecule has 1 aromatic carbocycles. The first-order valence-corrected chi connectivity index (χ1v) is 11.9. The van der Waals surface area contributed by atoms with Crippen molar-refractivity contribution in [2.24, 2.45) is 0 Å². The summed E-state index contributed by atoms with van der Waals surface area (Å²) in [6, 6.07) is 7.01. The van der Waals surface area contributed by atoms with Crippen LogP contribution in [-0.2, 0) is 21.2 Å². The number of fused-ring (bicyclic) bond motifs is 1. The van der Waals surface area contributed by atoms with Crippen LogP contribution < -0.4 is 10.0 Å². The lowest BCUT2D eigenvalue weighted by molar-refractivity contribution is 0.168. The molecule has 0 spiro atoms. The molecule has 1 amide bonds. The quantitative estimate of drug-likeness (QED) is 0.543. The molecule has 0 aliphatic rings. The summed E-state index contributed by atoms with van der Waals surface area (Å²) in [5, 5.41) is 15.8. The van der Waals surface area contributed by atoms with Crippen LogP contribution in [0.5, 0.6) is 0 Å². The molecule has 2 heterocycles. The molecule has 166 valence electrons. The summed E-state index contributed by atoms with van der Waals surface area (Å²) in [5.41, 5.74) is 3.22. The number of nitrogens with one attached hydrogen (secondary N) is 2. The molecule has 0 fully saturated rings. The maximum absolute atomic E-state index is 12.1. The molecule has 10 nitrogen and oxygen atoms in total. The van der Waals surface area contributed by atoms with Crippen molar-refractivity contribution in [2.75, 3.05) is 22.9 Å². The number of carbonyl (C=O) groups is 1. The molecule has 0 bridgehead atoms. The fraction of sp³-hybridized carbons (Fsp3) is 0.400. The number of hydrogen-bond donors (Lipinski definition) is 2. The highest BCUT2D eigenvalue weighted by molar-refractivity contribution is 7.92. The van der Waals surface area contributed by atoms with E-state index in [0.29, 0.717) is 40.5 Å². The number of unbranched alkanes of at least 4 members (excludes halogenated alkanes) is 1. The molecule has 0 aliphatic carbocycles. The Morgan fingerprint density at radius 2 is 1.94 bits per heavy atom. The van der Waals surface area contributed by atoms with Crippen molar-refractivity contribution in [3.63, 3.8) is 0 Å². The van der Waals surface area contributed by atoms with Crippen LogP contribution in [-0.4, -0.2) is 47.2 Å². The zero-order valence-electron chi connectivity index (χ0n) is 18.0. The smallest absolute Gasteiger partial charge is 0.411 e. The highest BCUT2D eigenvalue weighted by Gasteiger charge is 2.17. The Morgan fingerprint density at radius 3 is 2.61 bits per heavy atom. The molecule has 0 aliphatic heterocycles. The van der Waals surface area contributed by atoms with Crippen LogP contribution in [0.15, 0.2) is 24.3 Å². The molecule has 0 atom stereocenters. The first kappa shape index (κ1) is 22.5. The molecule has 0 unspecified atom stereocenters. The van der Waals surface area contributed by atoms with Gasteiger partial charge in [0.1, 0.15) is 0 Å². The van der Waals surface area contributed by atoms with E-state index in [9.17, 15) is 13.2 Å². The maximum Gasteiger partial charge on any atom is 0.411 e. The Kier molecular flexibility index (Phi) is 6.74. The predicted octanol–water partition coefficient (Wildman–Crippen LogP) is 3.38. The van der Waals surface area contributed by atoms with Gasteiger partial charge in [-0.25, -0.2) is 13.2 Å². The molecule has 3 aromatic rings. The van der Waals surface area contributed by atoms with Crippen molar-refractivity contribution in [1.82, 2.24) is 19.8 Å². The van der Waals surface area contributed by atoms with E-state index in [1.165, 1.54) is 0 Å². The molecule has 11 heteroatoms. The Hall–Kier alpha value is -3.21. The van der Waals surface area contributed by atoms with Crippen LogP contribution in [0.25, 0.3) is 16.9 Å². The van der Waals surface area contributed by atoms with E-state index in [4.69, 9.17) is 4.74 Å². The Balaban J connectivity index is 2.13. The molecular weight excluding hydrogens is 420 g/mol. The number of ether oxygens (including phenoxy) is 1. The Labute approximate surface area is 181 Å². The van der Waals surface area contributed by atoms with Gasteiger partial charge in [0.2, 0.25) is 15.7 Å². The first-order chi connectivity index (χ1) is 14.7. The fourth-order valence-corrected chi connectivity index (χ4v) is 3.63. The van der Waals surface area contributed by atoms with E-state index in [1.807, 2.05) is 13.0 Å². The second-order valence-corrected chi connectivity index (χ2v) is 8.90. The average molecular weight is 447 g/mol. The number of benzene rings is 1. The van der Waals surface area contributed by atoms with Crippen LogP contribution in [0.2, 0.25) is 0 Å². The van der Waals surface area contributed by atoms with E-state index in [1.54, 1.807) is 29.6 Å². The third kappa shape index (κ3) is 5.48. The lowest BCUT2D eigenvalue weighted by Gasteiger charge is -2.12. The molecule has 31 heavy (non-hydrogen) atoms. The highest BCUT2D eigenvalue weighted by atomic mass is 32.2. The van der Waals surface area contributed by atoms with Crippen LogP contribution >= 0.6 is 0 Å². The van der Waals surface area contributed by atoms with Gasteiger partial charge in [-0.3, -0.25) is 10.0 Å². The lowest BCUT2D eigenvalue weighted by Crippen LogP contribution is -2.15. The van der Waals surface area contributed by atoms with Gasteiger partial charge in [-0.2, -0.15) is 9.61 Å². The van der Waals surface area contributed by atoms with Crippen molar-refractivity contribution in [1.29, 1.82) is 0 Å². The monoisotopic (exact) mass is 446 g/mol. The van der Waals surface area contributed by atoms with Crippen molar-refractivity contribution < 1.29 is 17.9 Å². The highest BCUT2D eigenvalue weighted by Crippen LogP contribution is 2.28. The molecule has 0 saturated heterocycles. The maximum atomic E-state index is 12.1. The van der Waals surface area contributed by atoms with Gasteiger partial charge < -0.3 is 4.74 Å². The number of hydrogen-bond acceptors (Lipinski definition) is 7. The van der Waals surface area contributed by atoms with E-state index in [2.05, 4.69) is 32.3 Å². The topological polar surface area (TPSA) is 128 Å². The van der Waals surface area contributed by atoms with Gasteiger partial charge in [-0.15, -0.1) is 10.2 Å². The van der Waals surface area contributed by atoms with Gasteiger partial charge in [0.25, 0.3) is 0 Å². The fourth-order valence-electron chi connectivity index (χ4n) is 3.01. The zero-order valence-corrected chi connectivity index (χ0v) is 18.8. The number of carbonyl (C=O) groups excluding carboxylic acids is 1.